The third-order valence-electron chi connectivity index (χ3n) is 8.89. The molecule has 194 valence electrons. The zero-order chi connectivity index (χ0) is 27.4. The fourth-order valence-electron chi connectivity index (χ4n) is 7.02. The third-order valence-corrected chi connectivity index (χ3v) is 8.89. The van der Waals surface area contributed by atoms with Crippen molar-refractivity contribution >= 4 is 32.8 Å². The minimum Gasteiger partial charge on any atom is -0.347 e. The van der Waals surface area contributed by atoms with Gasteiger partial charge in [-0.3, -0.25) is 0 Å². The summed E-state index contributed by atoms with van der Waals surface area (Å²) >= 11 is 0. The predicted molar refractivity (Wildman–Crippen MR) is 170 cm³/mol. The summed E-state index contributed by atoms with van der Waals surface area (Å²) in [5.41, 5.74) is 9.54. The Labute approximate surface area is 233 Å². The second-order valence-corrected chi connectivity index (χ2v) is 11.9. The van der Waals surface area contributed by atoms with Crippen LogP contribution in [-0.2, 0) is 10.8 Å². The first-order chi connectivity index (χ1) is 18.7. The van der Waals surface area contributed by atoms with Gasteiger partial charge in [0, 0.05) is 29.3 Å². The predicted octanol–water partition coefficient (Wildman–Crippen LogP) is 10.0. The van der Waals surface area contributed by atoms with Crippen molar-refractivity contribution in [2.24, 2.45) is 0 Å². The van der Waals surface area contributed by atoms with Gasteiger partial charge < -0.3 is 4.90 Å². The molecule has 4 aromatic rings. The van der Waals surface area contributed by atoms with E-state index >= 15 is 0 Å². The first-order valence-corrected chi connectivity index (χ1v) is 13.9. The third kappa shape index (κ3) is 3.91. The lowest BCUT2D eigenvalue weighted by Gasteiger charge is -2.24. The van der Waals surface area contributed by atoms with Gasteiger partial charge in [0.25, 0.3) is 0 Å². The van der Waals surface area contributed by atoms with Crippen LogP contribution in [0.4, 0.5) is 5.69 Å². The van der Waals surface area contributed by atoms with Crippen LogP contribution >= 0.6 is 0 Å². The molecule has 0 fully saturated rings. The van der Waals surface area contributed by atoms with Gasteiger partial charge in [-0.25, -0.2) is 0 Å². The number of hydrogen-bond donors (Lipinski definition) is 0. The molecule has 0 N–H and O–H groups in total. The van der Waals surface area contributed by atoms with Crippen LogP contribution in [0.2, 0.25) is 0 Å². The number of hydrogen-bond acceptors (Lipinski definition) is 1. The molecule has 0 saturated carbocycles. The minimum absolute atomic E-state index is 0.0251. The molecule has 1 heterocycles. The van der Waals surface area contributed by atoms with Crippen molar-refractivity contribution < 1.29 is 0 Å². The topological polar surface area (TPSA) is 3.24 Å². The minimum atomic E-state index is -0.0594. The molecule has 6 rings (SSSR count). The molecule has 0 saturated heterocycles. The van der Waals surface area contributed by atoms with E-state index < -0.39 is 0 Å². The van der Waals surface area contributed by atoms with Gasteiger partial charge in [-0.2, -0.15) is 0 Å². The van der Waals surface area contributed by atoms with Crippen molar-refractivity contribution in [3.05, 3.63) is 143 Å². The molecule has 1 aliphatic carbocycles. The normalized spacial score (nSPS) is 19.0. The maximum Gasteiger partial charge on any atom is 0.0454 e. The fraction of sp³-hybridized carbons (Fsp3) is 0.211. The van der Waals surface area contributed by atoms with Gasteiger partial charge >= 0.3 is 0 Å². The van der Waals surface area contributed by atoms with E-state index in [9.17, 15) is 0 Å². The Balaban J connectivity index is 1.21. The van der Waals surface area contributed by atoms with Crippen molar-refractivity contribution in [2.75, 3.05) is 11.9 Å². The van der Waals surface area contributed by atoms with E-state index in [0.717, 1.165) is 0 Å². The second kappa shape index (κ2) is 9.27. The molecule has 4 aromatic carbocycles. The van der Waals surface area contributed by atoms with E-state index in [0.29, 0.717) is 0 Å². The Kier molecular flexibility index (Phi) is 5.99. The molecule has 39 heavy (non-hydrogen) atoms. The van der Waals surface area contributed by atoms with Crippen LogP contribution in [0, 0.1) is 0 Å². The molecule has 1 nitrogen and oxygen atoms in total. The van der Waals surface area contributed by atoms with Gasteiger partial charge in [0.15, 0.2) is 0 Å². The molecular weight excluding hydrogens is 470 g/mol. The number of anilines is 1. The zero-order valence-electron chi connectivity index (χ0n) is 23.9. The first kappa shape index (κ1) is 25.2. The number of allylic oxidation sites excluding steroid dienone is 10. The Bertz CT molecular complexity index is 1770. The smallest absolute Gasteiger partial charge is 0.0454 e. The van der Waals surface area contributed by atoms with Crippen molar-refractivity contribution in [2.45, 2.75) is 45.4 Å². The van der Waals surface area contributed by atoms with E-state index in [1.54, 1.807) is 0 Å². The molecule has 0 unspecified atom stereocenters. The van der Waals surface area contributed by atoms with Gasteiger partial charge in [-0.15, -0.1) is 0 Å². The summed E-state index contributed by atoms with van der Waals surface area (Å²) in [6.07, 6.45) is 15.3. The van der Waals surface area contributed by atoms with Crippen LogP contribution in [0.25, 0.3) is 27.1 Å². The summed E-state index contributed by atoms with van der Waals surface area (Å²) in [4.78, 5) is 2.34. The molecule has 1 heteroatoms. The number of likely N-dealkylation sites (N-methyl/N-ethyl adjacent to an activating group) is 1. The van der Waals surface area contributed by atoms with E-state index in [4.69, 9.17) is 0 Å². The molecule has 0 aromatic heterocycles. The summed E-state index contributed by atoms with van der Waals surface area (Å²) in [6, 6.07) is 26.5. The van der Waals surface area contributed by atoms with Crippen molar-refractivity contribution in [3.8, 4) is 0 Å². The monoisotopic (exact) mass is 507 g/mol. The maximum absolute atomic E-state index is 2.35. The number of nitrogens with zero attached hydrogens (tertiary/aromatic N) is 1. The lowest BCUT2D eigenvalue weighted by molar-refractivity contribution is 0.645. The molecule has 0 radical (unpaired) electrons. The molecular formula is C38H37N. The van der Waals surface area contributed by atoms with Crippen LogP contribution in [0.1, 0.15) is 51.3 Å². The van der Waals surface area contributed by atoms with Crippen molar-refractivity contribution in [3.63, 3.8) is 0 Å². The highest BCUT2D eigenvalue weighted by Gasteiger charge is 2.39. The largest absolute Gasteiger partial charge is 0.347 e. The molecule has 0 amide bonds. The number of rotatable bonds is 4. The summed E-state index contributed by atoms with van der Waals surface area (Å²) < 4.78 is 0. The second-order valence-electron chi connectivity index (χ2n) is 11.9. The Morgan fingerprint density at radius 2 is 1.21 bits per heavy atom. The van der Waals surface area contributed by atoms with E-state index in [1.807, 2.05) is 0 Å². The lowest BCUT2D eigenvalue weighted by atomic mass is 9.79. The Morgan fingerprint density at radius 1 is 0.615 bits per heavy atom. The SMILES string of the molecule is CC1=C(C=CC=CC=CC=C2N(C)c3ccc4ccccc4c3C2(C)C)C(C)(C)c2c1ccc1ccccc21. The average Bonchev–Trinajstić information content (AvgIpc) is 3.25. The average molecular weight is 508 g/mol. The van der Waals surface area contributed by atoms with Crippen LogP contribution in [0.15, 0.2) is 127 Å². The van der Waals surface area contributed by atoms with Gasteiger partial charge in [-0.05, 0) is 68.4 Å². The quantitative estimate of drug-likeness (QED) is 0.248. The zero-order valence-corrected chi connectivity index (χ0v) is 23.9. The summed E-state index contributed by atoms with van der Waals surface area (Å²) in [5.74, 6) is 0. The summed E-state index contributed by atoms with van der Waals surface area (Å²) in [7, 11) is 2.18. The van der Waals surface area contributed by atoms with Gasteiger partial charge in [0.2, 0.25) is 0 Å². The fourth-order valence-corrected chi connectivity index (χ4v) is 7.02. The molecule has 0 atom stereocenters. The summed E-state index contributed by atoms with van der Waals surface area (Å²) in [6.45, 7) is 11.6. The van der Waals surface area contributed by atoms with Crippen molar-refractivity contribution in [1.82, 2.24) is 0 Å². The first-order valence-electron chi connectivity index (χ1n) is 13.9. The lowest BCUT2D eigenvalue weighted by Crippen LogP contribution is -2.22. The molecule has 0 spiro atoms. The standard InChI is InChI=1S/C38H37N/c1-26-29-24-22-27-16-12-14-18-30(27)35(29)37(2,3)32(26)20-10-8-7-9-11-21-34-38(4,5)36-31-19-15-13-17-28(31)23-25-33(36)39(34)6/h7-25H,1-6H3. The van der Waals surface area contributed by atoms with Gasteiger partial charge in [0.1, 0.15) is 0 Å². The van der Waals surface area contributed by atoms with Gasteiger partial charge in [-0.1, -0.05) is 131 Å². The molecule has 2 aliphatic rings. The number of benzene rings is 4. The van der Waals surface area contributed by atoms with Crippen LogP contribution in [-0.4, -0.2) is 7.05 Å². The van der Waals surface area contributed by atoms with E-state index in [1.165, 1.54) is 60.8 Å². The highest BCUT2D eigenvalue weighted by atomic mass is 15.2. The van der Waals surface area contributed by atoms with Gasteiger partial charge in [0.05, 0.1) is 0 Å². The Morgan fingerprint density at radius 3 is 1.92 bits per heavy atom. The maximum atomic E-state index is 2.35. The highest BCUT2D eigenvalue weighted by Crippen LogP contribution is 2.50. The van der Waals surface area contributed by atoms with Crippen LogP contribution in [0.5, 0.6) is 0 Å². The summed E-state index contributed by atoms with van der Waals surface area (Å²) in [5, 5.41) is 5.33. The highest BCUT2D eigenvalue weighted by molar-refractivity contribution is 5.96. The molecule has 0 bridgehead atoms. The van der Waals surface area contributed by atoms with E-state index in [2.05, 4.69) is 162 Å². The van der Waals surface area contributed by atoms with Crippen molar-refractivity contribution in [1.29, 1.82) is 0 Å². The van der Waals surface area contributed by atoms with Crippen LogP contribution in [0.3, 0.4) is 0 Å². The van der Waals surface area contributed by atoms with Crippen LogP contribution < -0.4 is 4.90 Å². The Hall–Kier alpha value is -4.10. The van der Waals surface area contributed by atoms with E-state index in [-0.39, 0.29) is 10.8 Å². The molecule has 1 aliphatic heterocycles. The number of fused-ring (bicyclic) bond motifs is 6.